The van der Waals surface area contributed by atoms with E-state index in [-0.39, 0.29) is 5.56 Å². The van der Waals surface area contributed by atoms with Crippen LogP contribution in [-0.4, -0.2) is 42.4 Å². The number of carboxylic acid groups (broad SMARTS) is 1. The molecule has 0 saturated carbocycles. The van der Waals surface area contributed by atoms with Crippen LogP contribution in [0.25, 0.3) is 0 Å². The highest BCUT2D eigenvalue weighted by Crippen LogP contribution is 2.24. The van der Waals surface area contributed by atoms with Crippen molar-refractivity contribution in [2.24, 2.45) is 0 Å². The quantitative estimate of drug-likeness (QED) is 0.703. The van der Waals surface area contributed by atoms with Crippen LogP contribution < -0.4 is 10.2 Å². The van der Waals surface area contributed by atoms with Crippen LogP contribution in [0.15, 0.2) is 36.8 Å². The summed E-state index contributed by atoms with van der Waals surface area (Å²) < 4.78 is 1.96. The summed E-state index contributed by atoms with van der Waals surface area (Å²) in [6, 6.07) is 5.35. The van der Waals surface area contributed by atoms with Crippen molar-refractivity contribution in [3.63, 3.8) is 0 Å². The number of aryl methyl sites for hydroxylation is 1. The Balaban J connectivity index is 1.52. The van der Waals surface area contributed by atoms with Crippen LogP contribution >= 0.6 is 0 Å². The first-order valence-corrected chi connectivity index (χ1v) is 8.61. The first-order chi connectivity index (χ1) is 13.1. The molecule has 3 aromatic heterocycles. The molecular formula is C18H19N7O2. The van der Waals surface area contributed by atoms with Crippen molar-refractivity contribution in [3.8, 4) is 0 Å². The van der Waals surface area contributed by atoms with E-state index in [1.165, 1.54) is 0 Å². The van der Waals surface area contributed by atoms with Gasteiger partial charge in [0.15, 0.2) is 0 Å². The summed E-state index contributed by atoms with van der Waals surface area (Å²) in [6.07, 6.45) is 4.92. The average molecular weight is 365 g/mol. The number of hydrogen-bond acceptors (Lipinski definition) is 7. The maximum absolute atomic E-state index is 11.5. The van der Waals surface area contributed by atoms with Gasteiger partial charge >= 0.3 is 5.97 Å². The normalized spacial score (nSPS) is 13.3. The molecule has 0 saturated heterocycles. The topological polar surface area (TPSA) is 109 Å². The predicted octanol–water partition coefficient (Wildman–Crippen LogP) is 1.71. The molecule has 0 bridgehead atoms. The molecule has 9 nitrogen and oxygen atoms in total. The van der Waals surface area contributed by atoms with E-state index in [1.807, 2.05) is 22.6 Å². The summed E-state index contributed by atoms with van der Waals surface area (Å²) in [7, 11) is 0. The highest BCUT2D eigenvalue weighted by atomic mass is 16.4. The Bertz CT molecular complexity index is 971. The lowest BCUT2D eigenvalue weighted by atomic mass is 10.2. The molecule has 0 atom stereocenters. The molecular weight excluding hydrogens is 346 g/mol. The van der Waals surface area contributed by atoms with Crippen LogP contribution in [0.2, 0.25) is 0 Å². The fourth-order valence-corrected chi connectivity index (χ4v) is 3.12. The van der Waals surface area contributed by atoms with Gasteiger partial charge in [-0.1, -0.05) is 0 Å². The van der Waals surface area contributed by atoms with E-state index >= 15 is 0 Å². The Labute approximate surface area is 155 Å². The lowest BCUT2D eigenvalue weighted by molar-refractivity contribution is 0.0697. The van der Waals surface area contributed by atoms with E-state index in [0.29, 0.717) is 37.8 Å². The van der Waals surface area contributed by atoms with Crippen molar-refractivity contribution in [3.05, 3.63) is 59.4 Å². The number of fused-ring (bicyclic) bond motifs is 1. The van der Waals surface area contributed by atoms with Gasteiger partial charge in [-0.2, -0.15) is 5.10 Å². The van der Waals surface area contributed by atoms with Gasteiger partial charge in [-0.3, -0.25) is 9.67 Å². The lowest BCUT2D eigenvalue weighted by Gasteiger charge is -2.29. The van der Waals surface area contributed by atoms with Crippen molar-refractivity contribution >= 4 is 17.6 Å². The zero-order valence-corrected chi connectivity index (χ0v) is 14.8. The summed E-state index contributed by atoms with van der Waals surface area (Å²) in [5.74, 6) is 0.236. The van der Waals surface area contributed by atoms with Crippen LogP contribution in [0, 0.1) is 6.92 Å². The smallest absolute Gasteiger partial charge is 0.339 e. The largest absolute Gasteiger partial charge is 0.478 e. The third kappa shape index (κ3) is 3.57. The number of hydrogen-bond donors (Lipinski definition) is 2. The van der Waals surface area contributed by atoms with Crippen LogP contribution in [0.1, 0.15) is 27.4 Å². The van der Waals surface area contributed by atoms with E-state index in [2.05, 4.69) is 25.4 Å². The number of nitrogens with one attached hydrogen (secondary N) is 1. The fraction of sp³-hybridized carbons (Fsp3) is 0.278. The van der Waals surface area contributed by atoms with Crippen LogP contribution in [-0.2, 0) is 19.6 Å². The number of carbonyl (C=O) groups is 1. The first-order valence-electron chi connectivity index (χ1n) is 8.61. The highest BCUT2D eigenvalue weighted by molar-refractivity contribution is 5.93. The van der Waals surface area contributed by atoms with E-state index in [9.17, 15) is 9.90 Å². The zero-order valence-electron chi connectivity index (χ0n) is 14.8. The minimum absolute atomic E-state index is 0.220. The van der Waals surface area contributed by atoms with Crippen LogP contribution in [0.4, 0.5) is 11.6 Å². The number of aromatic nitrogens is 5. The minimum atomic E-state index is -0.967. The number of anilines is 2. The maximum atomic E-state index is 11.5. The third-order valence-corrected chi connectivity index (χ3v) is 4.41. The average Bonchev–Trinajstić information content (AvgIpc) is 3.09. The van der Waals surface area contributed by atoms with Gasteiger partial charge < -0.3 is 15.3 Å². The molecule has 0 aliphatic carbocycles. The second-order valence-electron chi connectivity index (χ2n) is 6.34. The van der Waals surface area contributed by atoms with Gasteiger partial charge in [-0.25, -0.2) is 14.8 Å². The third-order valence-electron chi connectivity index (χ3n) is 4.41. The molecule has 0 radical (unpaired) electrons. The SMILES string of the molecule is Cc1ccc(C(=O)O)c(N2CCn3nc(CNc4cnccn4)cc3C2)n1. The Morgan fingerprint density at radius 3 is 2.96 bits per heavy atom. The Morgan fingerprint density at radius 1 is 1.30 bits per heavy atom. The van der Waals surface area contributed by atoms with Gasteiger partial charge in [0.2, 0.25) is 0 Å². The van der Waals surface area contributed by atoms with Crippen LogP contribution in [0.3, 0.4) is 0 Å². The number of aromatic carboxylic acids is 1. The molecule has 4 rings (SSSR count). The highest BCUT2D eigenvalue weighted by Gasteiger charge is 2.23. The molecule has 3 aromatic rings. The molecule has 4 heterocycles. The molecule has 0 unspecified atom stereocenters. The molecule has 0 fully saturated rings. The first kappa shape index (κ1) is 17.0. The second-order valence-corrected chi connectivity index (χ2v) is 6.34. The van der Waals surface area contributed by atoms with E-state index < -0.39 is 5.97 Å². The lowest BCUT2D eigenvalue weighted by Crippen LogP contribution is -2.35. The monoisotopic (exact) mass is 365 g/mol. The summed E-state index contributed by atoms with van der Waals surface area (Å²) in [4.78, 5) is 26.2. The molecule has 0 aromatic carbocycles. The molecule has 1 aliphatic rings. The van der Waals surface area contributed by atoms with Gasteiger partial charge in [0.05, 0.1) is 37.2 Å². The van der Waals surface area contributed by atoms with Gasteiger partial charge in [0, 0.05) is 24.6 Å². The minimum Gasteiger partial charge on any atom is -0.478 e. The fourth-order valence-electron chi connectivity index (χ4n) is 3.12. The Kier molecular flexibility index (Phi) is 4.41. The molecule has 27 heavy (non-hydrogen) atoms. The number of rotatable bonds is 5. The van der Waals surface area contributed by atoms with Crippen molar-refractivity contribution < 1.29 is 9.90 Å². The summed E-state index contributed by atoms with van der Waals surface area (Å²) in [6.45, 7) is 4.30. The van der Waals surface area contributed by atoms with E-state index in [0.717, 1.165) is 17.1 Å². The van der Waals surface area contributed by atoms with Gasteiger partial charge in [-0.15, -0.1) is 0 Å². The summed E-state index contributed by atoms with van der Waals surface area (Å²) in [5, 5.41) is 17.3. The van der Waals surface area contributed by atoms with E-state index in [1.54, 1.807) is 30.7 Å². The number of carboxylic acids is 1. The van der Waals surface area contributed by atoms with Crippen molar-refractivity contribution in [2.75, 3.05) is 16.8 Å². The van der Waals surface area contributed by atoms with Gasteiger partial charge in [-0.05, 0) is 25.1 Å². The van der Waals surface area contributed by atoms with Crippen LogP contribution in [0.5, 0.6) is 0 Å². The standard InChI is InChI=1S/C18H19N7O2/c1-12-2-3-15(18(26)27)17(22-12)24-6-7-25-14(11-24)8-13(23-25)9-21-16-10-19-4-5-20-16/h2-5,8,10H,6-7,9,11H2,1H3,(H,20,21)(H,26,27). The summed E-state index contributed by atoms with van der Waals surface area (Å²) in [5.41, 5.74) is 2.94. The molecule has 2 N–H and O–H groups in total. The van der Waals surface area contributed by atoms with Crippen molar-refractivity contribution in [1.82, 2.24) is 24.7 Å². The molecule has 138 valence electrons. The second kappa shape index (κ2) is 7.02. The van der Waals surface area contributed by atoms with Gasteiger partial charge in [0.1, 0.15) is 17.2 Å². The zero-order chi connectivity index (χ0) is 18.8. The predicted molar refractivity (Wildman–Crippen MR) is 98.6 cm³/mol. The van der Waals surface area contributed by atoms with Crippen molar-refractivity contribution in [2.45, 2.75) is 26.6 Å². The Morgan fingerprint density at radius 2 is 2.19 bits per heavy atom. The molecule has 1 aliphatic heterocycles. The summed E-state index contributed by atoms with van der Waals surface area (Å²) >= 11 is 0. The van der Waals surface area contributed by atoms with Gasteiger partial charge in [0.25, 0.3) is 0 Å². The Hall–Kier alpha value is -3.49. The number of pyridine rings is 1. The molecule has 0 amide bonds. The molecule has 0 spiro atoms. The maximum Gasteiger partial charge on any atom is 0.339 e. The van der Waals surface area contributed by atoms with E-state index in [4.69, 9.17) is 0 Å². The number of nitrogens with zero attached hydrogens (tertiary/aromatic N) is 6. The molecule has 9 heteroatoms. The van der Waals surface area contributed by atoms with Crippen molar-refractivity contribution in [1.29, 1.82) is 0 Å².